The van der Waals surface area contributed by atoms with E-state index in [9.17, 15) is 10.1 Å². The van der Waals surface area contributed by atoms with Gasteiger partial charge < -0.3 is 19.8 Å². The fourth-order valence-corrected chi connectivity index (χ4v) is 4.23. The minimum Gasteiger partial charge on any atom is -0.454 e. The Labute approximate surface area is 187 Å². The summed E-state index contributed by atoms with van der Waals surface area (Å²) in [5.41, 5.74) is 3.36. The number of nitrogens with zero attached hydrogens (tertiary/aromatic N) is 1. The maximum Gasteiger partial charge on any atom is 0.235 e. The van der Waals surface area contributed by atoms with Crippen LogP contribution in [0.2, 0.25) is 0 Å². The molecule has 7 heteroatoms. The molecule has 3 aromatic rings. The van der Waals surface area contributed by atoms with E-state index in [1.165, 1.54) is 0 Å². The Balaban J connectivity index is 1.46. The summed E-state index contributed by atoms with van der Waals surface area (Å²) in [5.74, 6) is 1.33. The molecule has 30 heavy (non-hydrogen) atoms. The highest BCUT2D eigenvalue weighted by molar-refractivity contribution is 14.1. The largest absolute Gasteiger partial charge is 0.454 e. The number of nitriles is 1. The number of rotatable bonds is 4. The summed E-state index contributed by atoms with van der Waals surface area (Å²) in [5, 5.41) is 13.6. The number of carbonyl (C=O) groups is 1. The molecule has 2 aromatic carbocycles. The number of aromatic nitrogens is 1. The van der Waals surface area contributed by atoms with E-state index in [2.05, 4.69) is 52.8 Å². The van der Waals surface area contributed by atoms with Crippen LogP contribution in [0.1, 0.15) is 43.5 Å². The number of benzene rings is 2. The summed E-state index contributed by atoms with van der Waals surface area (Å²) in [6, 6.07) is 13.6. The van der Waals surface area contributed by atoms with Crippen LogP contribution in [0.4, 0.5) is 5.69 Å². The Bertz CT molecular complexity index is 1230. The Kier molecular flexibility index (Phi) is 4.26. The number of hydrogen-bond donors (Lipinski definition) is 2. The molecule has 0 unspecified atom stereocenters. The van der Waals surface area contributed by atoms with Gasteiger partial charge in [-0.25, -0.2) is 0 Å². The molecule has 1 aliphatic heterocycles. The van der Waals surface area contributed by atoms with E-state index in [1.807, 2.05) is 30.3 Å². The van der Waals surface area contributed by atoms with Gasteiger partial charge in [0.15, 0.2) is 11.5 Å². The summed E-state index contributed by atoms with van der Waals surface area (Å²) < 4.78 is 10.8. The van der Waals surface area contributed by atoms with E-state index in [1.54, 1.807) is 6.07 Å². The van der Waals surface area contributed by atoms with Crippen molar-refractivity contribution in [2.45, 2.75) is 35.5 Å². The topological polar surface area (TPSA) is 87.1 Å². The van der Waals surface area contributed by atoms with Crippen molar-refractivity contribution >= 4 is 45.1 Å². The van der Waals surface area contributed by atoms with Crippen LogP contribution < -0.4 is 14.8 Å². The number of H-pyrrole nitrogens is 1. The zero-order chi connectivity index (χ0) is 21.1. The number of fused-ring (bicyclic) bond motifs is 2. The van der Waals surface area contributed by atoms with Crippen LogP contribution >= 0.6 is 22.6 Å². The van der Waals surface area contributed by atoms with Crippen LogP contribution in [0.25, 0.3) is 10.9 Å². The number of anilines is 1. The fraction of sp³-hybridized carbons (Fsp3) is 0.304. The first-order valence-electron chi connectivity index (χ1n) is 9.78. The van der Waals surface area contributed by atoms with Crippen LogP contribution in [0.3, 0.4) is 0 Å². The molecule has 2 heterocycles. The smallest absolute Gasteiger partial charge is 0.235 e. The Hall–Kier alpha value is -2.73. The van der Waals surface area contributed by atoms with Gasteiger partial charge in [-0.1, -0.05) is 28.7 Å². The van der Waals surface area contributed by atoms with E-state index in [0.29, 0.717) is 22.7 Å². The molecular formula is C23H20IN3O3. The molecule has 1 fully saturated rings. The number of aromatic amines is 1. The molecule has 0 atom stereocenters. The van der Waals surface area contributed by atoms with Crippen molar-refractivity contribution in [1.82, 2.24) is 4.98 Å². The van der Waals surface area contributed by atoms with Gasteiger partial charge in [-0.05, 0) is 62.6 Å². The molecule has 1 aliphatic carbocycles. The Morgan fingerprint density at radius 3 is 2.67 bits per heavy atom. The number of carbonyl (C=O) groups excluding carboxylic acids is 1. The number of alkyl halides is 1. The molecule has 1 amide bonds. The number of hydrogen-bond acceptors (Lipinski definition) is 4. The third kappa shape index (κ3) is 3.10. The van der Waals surface area contributed by atoms with E-state index in [4.69, 9.17) is 9.47 Å². The summed E-state index contributed by atoms with van der Waals surface area (Å²) >= 11 is 2.36. The summed E-state index contributed by atoms with van der Waals surface area (Å²) in [6.07, 6.45) is 1.56. The minimum absolute atomic E-state index is 0.0606. The van der Waals surface area contributed by atoms with Crippen LogP contribution in [0.15, 0.2) is 36.4 Å². The van der Waals surface area contributed by atoms with Crippen LogP contribution in [-0.4, -0.2) is 17.7 Å². The lowest BCUT2D eigenvalue weighted by molar-refractivity contribution is -0.118. The quantitative estimate of drug-likeness (QED) is 0.375. The summed E-state index contributed by atoms with van der Waals surface area (Å²) in [4.78, 5) is 16.6. The van der Waals surface area contributed by atoms with Gasteiger partial charge in [-0.15, -0.1) is 0 Å². The molecule has 0 spiro atoms. The molecule has 5 rings (SSSR count). The van der Waals surface area contributed by atoms with Crippen molar-refractivity contribution in [1.29, 1.82) is 5.26 Å². The average Bonchev–Trinajstić information content (AvgIpc) is 3.18. The third-order valence-corrected chi connectivity index (χ3v) is 6.44. The maximum atomic E-state index is 13.2. The van der Waals surface area contributed by atoms with Gasteiger partial charge in [0.05, 0.1) is 19.9 Å². The fourth-order valence-electron chi connectivity index (χ4n) is 3.94. The summed E-state index contributed by atoms with van der Waals surface area (Å²) in [6.45, 7) is 4.42. The first-order valence-corrected chi connectivity index (χ1v) is 10.9. The molecule has 2 aliphatic rings. The number of amides is 1. The molecule has 152 valence electrons. The van der Waals surface area contributed by atoms with Crippen molar-refractivity contribution in [2.75, 3.05) is 12.1 Å². The predicted octanol–water partition coefficient (Wildman–Crippen LogP) is 5.11. The molecule has 6 nitrogen and oxygen atoms in total. The Morgan fingerprint density at radius 1 is 1.20 bits per heavy atom. The predicted molar refractivity (Wildman–Crippen MR) is 122 cm³/mol. The van der Waals surface area contributed by atoms with Crippen molar-refractivity contribution in [3.63, 3.8) is 0 Å². The lowest BCUT2D eigenvalue weighted by Crippen LogP contribution is -2.27. The molecule has 2 N–H and O–H groups in total. The van der Waals surface area contributed by atoms with Crippen LogP contribution in [0, 0.1) is 11.3 Å². The van der Waals surface area contributed by atoms with Gasteiger partial charge in [0.25, 0.3) is 0 Å². The molecular weight excluding hydrogens is 493 g/mol. The second kappa shape index (κ2) is 6.64. The standard InChI is InChI=1S/C23H20IN3O3/c1-22(2,24)19-9-13-7-16(8-14(11-25)20(13)27-19)26-21(28)23(5-6-23)15-3-4-17-18(10-15)30-12-29-17/h3-4,7-10,27H,5-6,12H2,1-2H3,(H,26,28). The van der Waals surface area contributed by atoms with Crippen molar-refractivity contribution in [3.05, 3.63) is 53.2 Å². The van der Waals surface area contributed by atoms with E-state index >= 15 is 0 Å². The van der Waals surface area contributed by atoms with E-state index in [0.717, 1.165) is 35.0 Å². The first-order chi connectivity index (χ1) is 14.3. The molecule has 0 radical (unpaired) electrons. The monoisotopic (exact) mass is 513 g/mol. The minimum atomic E-state index is -0.559. The molecule has 0 saturated heterocycles. The number of nitrogens with one attached hydrogen (secondary N) is 2. The van der Waals surface area contributed by atoms with E-state index < -0.39 is 5.41 Å². The second-order valence-corrected chi connectivity index (χ2v) is 11.1. The van der Waals surface area contributed by atoms with Gasteiger partial charge in [-0.3, -0.25) is 4.79 Å². The van der Waals surface area contributed by atoms with E-state index in [-0.39, 0.29) is 16.1 Å². The van der Waals surface area contributed by atoms with Crippen molar-refractivity contribution in [2.24, 2.45) is 0 Å². The van der Waals surface area contributed by atoms with Crippen molar-refractivity contribution < 1.29 is 14.3 Å². The van der Waals surface area contributed by atoms with Gasteiger partial charge in [-0.2, -0.15) is 5.26 Å². The lowest BCUT2D eigenvalue weighted by Gasteiger charge is -2.16. The number of ether oxygens (including phenoxy) is 2. The summed E-state index contributed by atoms with van der Waals surface area (Å²) in [7, 11) is 0. The molecule has 1 aromatic heterocycles. The Morgan fingerprint density at radius 2 is 1.97 bits per heavy atom. The van der Waals surface area contributed by atoms with Crippen LogP contribution in [-0.2, 0) is 13.6 Å². The zero-order valence-electron chi connectivity index (χ0n) is 16.6. The number of halogens is 1. The van der Waals surface area contributed by atoms with Gasteiger partial charge >= 0.3 is 0 Å². The van der Waals surface area contributed by atoms with Crippen molar-refractivity contribution in [3.8, 4) is 17.6 Å². The second-order valence-electron chi connectivity index (χ2n) is 8.36. The zero-order valence-corrected chi connectivity index (χ0v) is 18.8. The average molecular weight is 513 g/mol. The van der Waals surface area contributed by atoms with Gasteiger partial charge in [0.1, 0.15) is 6.07 Å². The lowest BCUT2D eigenvalue weighted by atomic mass is 9.94. The SMILES string of the molecule is CC(C)(I)c1cc2cc(NC(=O)C3(c4ccc5c(c4)OCO5)CC3)cc(C#N)c2[nH]1. The molecule has 1 saturated carbocycles. The highest BCUT2D eigenvalue weighted by Crippen LogP contribution is 2.51. The molecule has 0 bridgehead atoms. The maximum absolute atomic E-state index is 13.2. The normalized spacial score (nSPS) is 16.3. The van der Waals surface area contributed by atoms with Gasteiger partial charge in [0, 0.05) is 16.8 Å². The highest BCUT2D eigenvalue weighted by Gasteiger charge is 2.51. The highest BCUT2D eigenvalue weighted by atomic mass is 127. The van der Waals surface area contributed by atoms with Gasteiger partial charge in [0.2, 0.25) is 12.7 Å². The van der Waals surface area contributed by atoms with Crippen LogP contribution in [0.5, 0.6) is 11.5 Å². The third-order valence-electron chi connectivity index (χ3n) is 5.86. The first kappa shape index (κ1) is 19.2.